The molecular weight excluding hydrogens is 250 g/mol. The molecule has 3 nitrogen and oxygen atoms in total. The van der Waals surface area contributed by atoms with Crippen molar-refractivity contribution in [1.82, 2.24) is 4.98 Å². The summed E-state index contributed by atoms with van der Waals surface area (Å²) in [5.41, 5.74) is 2.54. The van der Waals surface area contributed by atoms with Crippen LogP contribution in [0.1, 0.15) is 11.3 Å². The number of phenolic OH excluding ortho intramolecular Hbond substituents is 1. The zero-order valence-electron chi connectivity index (χ0n) is 10.7. The molecule has 3 rings (SSSR count). The van der Waals surface area contributed by atoms with Crippen LogP contribution in [0.15, 0.2) is 59.4 Å². The lowest BCUT2D eigenvalue weighted by Gasteiger charge is -2.00. The second kappa shape index (κ2) is 5.05. The Morgan fingerprint density at radius 2 is 1.70 bits per heavy atom. The van der Waals surface area contributed by atoms with Gasteiger partial charge in [-0.05, 0) is 35.9 Å². The van der Waals surface area contributed by atoms with Crippen molar-refractivity contribution in [3.63, 3.8) is 0 Å². The Kier molecular flexibility index (Phi) is 3.09. The van der Waals surface area contributed by atoms with Crippen LogP contribution in [0.5, 0.6) is 5.75 Å². The lowest BCUT2D eigenvalue weighted by atomic mass is 10.1. The molecule has 1 heterocycles. The summed E-state index contributed by atoms with van der Waals surface area (Å²) in [6, 6.07) is 15.9. The van der Waals surface area contributed by atoms with Gasteiger partial charge >= 0.3 is 0 Å². The molecule has 0 aliphatic heterocycles. The second-order valence-electron chi connectivity index (χ2n) is 4.56. The number of hydrogen-bond donors (Lipinski definition) is 2. The largest absolute Gasteiger partial charge is 0.508 e. The lowest BCUT2D eigenvalue weighted by molar-refractivity contribution is 0.475. The molecule has 0 fully saturated rings. The van der Waals surface area contributed by atoms with Crippen LogP contribution in [-0.4, -0.2) is 10.1 Å². The van der Waals surface area contributed by atoms with Crippen LogP contribution in [0.25, 0.3) is 23.1 Å². The molecule has 0 atom stereocenters. The number of hydrogen-bond acceptors (Lipinski definition) is 2. The SMILES string of the molecule is O=c1cc(C=Cc2ccc(O)cc2)[nH]c2ccccc12. The minimum absolute atomic E-state index is 0.00436. The molecule has 98 valence electrons. The fourth-order valence-electron chi connectivity index (χ4n) is 2.08. The lowest BCUT2D eigenvalue weighted by Crippen LogP contribution is -2.02. The van der Waals surface area contributed by atoms with Gasteiger partial charge in [-0.2, -0.15) is 0 Å². The van der Waals surface area contributed by atoms with Crippen molar-refractivity contribution in [2.24, 2.45) is 0 Å². The van der Waals surface area contributed by atoms with Crippen LogP contribution < -0.4 is 5.43 Å². The minimum atomic E-state index is 0.00436. The molecule has 3 aromatic rings. The fourth-order valence-corrected chi connectivity index (χ4v) is 2.08. The molecule has 0 aliphatic carbocycles. The number of aromatic hydroxyl groups is 1. The smallest absolute Gasteiger partial charge is 0.189 e. The maximum atomic E-state index is 12.0. The van der Waals surface area contributed by atoms with Gasteiger partial charge in [0.2, 0.25) is 0 Å². The highest BCUT2D eigenvalue weighted by Crippen LogP contribution is 2.13. The van der Waals surface area contributed by atoms with Crippen LogP contribution in [0.4, 0.5) is 0 Å². The third kappa shape index (κ3) is 2.47. The van der Waals surface area contributed by atoms with Gasteiger partial charge in [-0.15, -0.1) is 0 Å². The number of pyridine rings is 1. The predicted octanol–water partition coefficient (Wildman–Crippen LogP) is 3.40. The van der Waals surface area contributed by atoms with Crippen LogP contribution in [0.2, 0.25) is 0 Å². The maximum absolute atomic E-state index is 12.0. The van der Waals surface area contributed by atoms with Gasteiger partial charge in [-0.1, -0.05) is 30.3 Å². The normalized spacial score (nSPS) is 11.2. The Hall–Kier alpha value is -2.81. The van der Waals surface area contributed by atoms with Crippen LogP contribution >= 0.6 is 0 Å². The molecule has 0 amide bonds. The number of aromatic nitrogens is 1. The highest BCUT2D eigenvalue weighted by molar-refractivity contribution is 5.80. The molecule has 0 aliphatic rings. The molecule has 0 unspecified atom stereocenters. The van der Waals surface area contributed by atoms with Gasteiger partial charge < -0.3 is 10.1 Å². The number of benzene rings is 2. The monoisotopic (exact) mass is 263 g/mol. The van der Waals surface area contributed by atoms with Crippen LogP contribution in [-0.2, 0) is 0 Å². The first-order chi connectivity index (χ1) is 9.72. The van der Waals surface area contributed by atoms with E-state index in [2.05, 4.69) is 4.98 Å². The molecule has 0 radical (unpaired) electrons. The molecule has 2 aromatic carbocycles. The highest BCUT2D eigenvalue weighted by Gasteiger charge is 1.98. The predicted molar refractivity (Wildman–Crippen MR) is 81.6 cm³/mol. The van der Waals surface area contributed by atoms with E-state index in [4.69, 9.17) is 0 Å². The van der Waals surface area contributed by atoms with Crippen molar-refractivity contribution in [2.45, 2.75) is 0 Å². The third-order valence-electron chi connectivity index (χ3n) is 3.11. The first-order valence-electron chi connectivity index (χ1n) is 6.31. The van der Waals surface area contributed by atoms with Gasteiger partial charge in [-0.3, -0.25) is 4.79 Å². The molecule has 1 aromatic heterocycles. The van der Waals surface area contributed by atoms with Crippen molar-refractivity contribution in [3.05, 3.63) is 76.1 Å². The third-order valence-corrected chi connectivity index (χ3v) is 3.11. The first kappa shape index (κ1) is 12.2. The topological polar surface area (TPSA) is 53.1 Å². The van der Waals surface area contributed by atoms with E-state index in [1.54, 1.807) is 18.2 Å². The average molecular weight is 263 g/mol. The van der Waals surface area contributed by atoms with E-state index in [1.807, 2.05) is 48.6 Å². The molecule has 0 bridgehead atoms. The van der Waals surface area contributed by atoms with E-state index in [-0.39, 0.29) is 11.2 Å². The molecule has 0 saturated heterocycles. The summed E-state index contributed by atoms with van der Waals surface area (Å²) in [7, 11) is 0. The standard InChI is InChI=1S/C17H13NO2/c19-14-9-6-12(7-10-14)5-8-13-11-17(20)15-3-1-2-4-16(15)18-13/h1-11,19H,(H,18,20). The number of fused-ring (bicyclic) bond motifs is 1. The quantitative estimate of drug-likeness (QED) is 0.744. The molecule has 2 N–H and O–H groups in total. The number of aromatic amines is 1. The van der Waals surface area contributed by atoms with Crippen molar-refractivity contribution in [3.8, 4) is 5.75 Å². The van der Waals surface area contributed by atoms with Crippen molar-refractivity contribution >= 4 is 23.1 Å². The zero-order valence-corrected chi connectivity index (χ0v) is 10.7. The number of rotatable bonds is 2. The van der Waals surface area contributed by atoms with E-state index in [9.17, 15) is 9.90 Å². The molecule has 20 heavy (non-hydrogen) atoms. The van der Waals surface area contributed by atoms with Crippen LogP contribution in [0.3, 0.4) is 0 Å². The van der Waals surface area contributed by atoms with Crippen LogP contribution in [0, 0.1) is 0 Å². The minimum Gasteiger partial charge on any atom is -0.508 e. The average Bonchev–Trinajstić information content (AvgIpc) is 2.47. The Labute approximate surface area is 115 Å². The van der Waals surface area contributed by atoms with E-state index >= 15 is 0 Å². The summed E-state index contributed by atoms with van der Waals surface area (Å²) in [5.74, 6) is 0.237. The summed E-state index contributed by atoms with van der Waals surface area (Å²) in [5, 5.41) is 9.91. The number of H-pyrrole nitrogens is 1. The molecule has 3 heteroatoms. The maximum Gasteiger partial charge on any atom is 0.189 e. The first-order valence-corrected chi connectivity index (χ1v) is 6.31. The molecule has 0 saturated carbocycles. The van der Waals surface area contributed by atoms with E-state index in [0.717, 1.165) is 16.8 Å². The Bertz CT molecular complexity index is 829. The fraction of sp³-hybridized carbons (Fsp3) is 0. The van der Waals surface area contributed by atoms with Gasteiger partial charge in [0.25, 0.3) is 0 Å². The van der Waals surface area contributed by atoms with Gasteiger partial charge in [0.15, 0.2) is 5.43 Å². The molecular formula is C17H13NO2. The number of phenols is 1. The number of nitrogens with one attached hydrogen (secondary N) is 1. The summed E-state index contributed by atoms with van der Waals surface area (Å²) >= 11 is 0. The Morgan fingerprint density at radius 3 is 2.50 bits per heavy atom. The van der Waals surface area contributed by atoms with Gasteiger partial charge in [0.1, 0.15) is 5.75 Å². The van der Waals surface area contributed by atoms with E-state index < -0.39 is 0 Å². The highest BCUT2D eigenvalue weighted by atomic mass is 16.3. The van der Waals surface area contributed by atoms with Crippen molar-refractivity contribution in [1.29, 1.82) is 0 Å². The summed E-state index contributed by atoms with van der Waals surface area (Å²) in [6.45, 7) is 0. The van der Waals surface area contributed by atoms with Gasteiger partial charge in [-0.25, -0.2) is 0 Å². The Morgan fingerprint density at radius 1 is 0.950 bits per heavy atom. The zero-order chi connectivity index (χ0) is 13.9. The summed E-state index contributed by atoms with van der Waals surface area (Å²) in [6.07, 6.45) is 3.74. The molecule has 0 spiro atoms. The van der Waals surface area contributed by atoms with Gasteiger partial charge in [0, 0.05) is 22.7 Å². The summed E-state index contributed by atoms with van der Waals surface area (Å²) < 4.78 is 0. The van der Waals surface area contributed by atoms with Gasteiger partial charge in [0.05, 0.1) is 0 Å². The van der Waals surface area contributed by atoms with Crippen molar-refractivity contribution < 1.29 is 5.11 Å². The second-order valence-corrected chi connectivity index (χ2v) is 4.56. The Balaban J connectivity index is 1.98. The summed E-state index contributed by atoms with van der Waals surface area (Å²) in [4.78, 5) is 15.2. The van der Waals surface area contributed by atoms with E-state index in [1.165, 1.54) is 0 Å². The van der Waals surface area contributed by atoms with Crippen molar-refractivity contribution in [2.75, 3.05) is 0 Å². The van der Waals surface area contributed by atoms with E-state index in [0.29, 0.717) is 5.39 Å². The number of para-hydroxylation sites is 1.